The lowest BCUT2D eigenvalue weighted by molar-refractivity contribution is 0.333. The lowest BCUT2D eigenvalue weighted by Gasteiger charge is -2.15. The SMILES string of the molecule is N=C(OCC1=CC(=S)CC=C1)C(Cl)(Cl)Cl. The molecule has 1 N–H and O–H groups in total. The molecular formula is C9H8Cl3NOS. The van der Waals surface area contributed by atoms with E-state index in [4.69, 9.17) is 57.2 Å². The number of allylic oxidation sites excluding steroid dienone is 2. The predicted octanol–water partition coefficient (Wildman–Crippen LogP) is 3.61. The highest BCUT2D eigenvalue weighted by Crippen LogP contribution is 2.28. The Balaban J connectivity index is 2.48. The van der Waals surface area contributed by atoms with E-state index < -0.39 is 9.69 Å². The van der Waals surface area contributed by atoms with Crippen molar-refractivity contribution in [3.05, 3.63) is 23.8 Å². The average molecular weight is 285 g/mol. The molecule has 0 aromatic rings. The van der Waals surface area contributed by atoms with Crippen LogP contribution in [0.1, 0.15) is 6.42 Å². The fourth-order valence-electron chi connectivity index (χ4n) is 0.967. The number of alkyl halides is 3. The van der Waals surface area contributed by atoms with Crippen LogP contribution in [0.3, 0.4) is 0 Å². The lowest BCUT2D eigenvalue weighted by Crippen LogP contribution is -2.22. The first-order valence-corrected chi connectivity index (χ1v) is 5.62. The maximum Gasteiger partial charge on any atom is 0.265 e. The summed E-state index contributed by atoms with van der Waals surface area (Å²) in [5.41, 5.74) is 0.866. The van der Waals surface area contributed by atoms with E-state index in [9.17, 15) is 0 Å². The van der Waals surface area contributed by atoms with Crippen LogP contribution < -0.4 is 0 Å². The second-order valence-electron chi connectivity index (χ2n) is 2.91. The summed E-state index contributed by atoms with van der Waals surface area (Å²) in [6, 6.07) is 0. The van der Waals surface area contributed by atoms with Crippen molar-refractivity contribution < 1.29 is 4.74 Å². The minimum atomic E-state index is -1.81. The van der Waals surface area contributed by atoms with Crippen LogP contribution in [-0.4, -0.2) is 21.2 Å². The maximum absolute atomic E-state index is 7.31. The Morgan fingerprint density at radius 1 is 1.53 bits per heavy atom. The van der Waals surface area contributed by atoms with Gasteiger partial charge in [0.2, 0.25) is 5.90 Å². The topological polar surface area (TPSA) is 33.1 Å². The number of ether oxygens (including phenoxy) is 1. The highest BCUT2D eigenvalue weighted by atomic mass is 35.6. The molecule has 0 saturated carbocycles. The van der Waals surface area contributed by atoms with Gasteiger partial charge in [-0.3, -0.25) is 5.41 Å². The number of hydrogen-bond acceptors (Lipinski definition) is 3. The van der Waals surface area contributed by atoms with Crippen molar-refractivity contribution in [1.82, 2.24) is 0 Å². The molecule has 0 atom stereocenters. The van der Waals surface area contributed by atoms with Crippen molar-refractivity contribution in [2.45, 2.75) is 10.2 Å². The first-order valence-electron chi connectivity index (χ1n) is 4.08. The summed E-state index contributed by atoms with van der Waals surface area (Å²) >= 11 is 21.4. The van der Waals surface area contributed by atoms with Gasteiger partial charge >= 0.3 is 0 Å². The third kappa shape index (κ3) is 4.51. The molecule has 0 heterocycles. The summed E-state index contributed by atoms with van der Waals surface area (Å²) in [7, 11) is 0. The second kappa shape index (κ2) is 5.30. The minimum Gasteiger partial charge on any atom is -0.473 e. The van der Waals surface area contributed by atoms with Crippen LogP contribution in [0.5, 0.6) is 0 Å². The summed E-state index contributed by atoms with van der Waals surface area (Å²) in [5, 5.41) is 7.31. The van der Waals surface area contributed by atoms with Gasteiger partial charge in [-0.2, -0.15) is 0 Å². The molecule has 1 aliphatic rings. The zero-order valence-electron chi connectivity index (χ0n) is 7.60. The van der Waals surface area contributed by atoms with E-state index in [1.807, 2.05) is 18.2 Å². The van der Waals surface area contributed by atoms with Gasteiger partial charge in [-0.15, -0.1) is 0 Å². The average Bonchev–Trinajstić information content (AvgIpc) is 2.12. The molecule has 0 aliphatic heterocycles. The quantitative estimate of drug-likeness (QED) is 0.364. The van der Waals surface area contributed by atoms with Crippen molar-refractivity contribution in [2.24, 2.45) is 0 Å². The number of nitrogens with one attached hydrogen (secondary N) is 1. The van der Waals surface area contributed by atoms with Crippen molar-refractivity contribution >= 4 is 57.8 Å². The Morgan fingerprint density at radius 2 is 2.20 bits per heavy atom. The first kappa shape index (κ1) is 13.0. The van der Waals surface area contributed by atoms with E-state index in [0.29, 0.717) is 0 Å². The van der Waals surface area contributed by atoms with E-state index in [2.05, 4.69) is 0 Å². The van der Waals surface area contributed by atoms with Gasteiger partial charge in [0.25, 0.3) is 3.79 Å². The summed E-state index contributed by atoms with van der Waals surface area (Å²) in [6.45, 7) is 0.184. The molecule has 1 rings (SSSR count). The monoisotopic (exact) mass is 283 g/mol. The first-order chi connectivity index (χ1) is 6.89. The molecule has 0 fully saturated rings. The van der Waals surface area contributed by atoms with E-state index in [-0.39, 0.29) is 6.61 Å². The molecule has 0 aromatic carbocycles. The summed E-state index contributed by atoms with van der Waals surface area (Å²) in [5.74, 6) is -0.390. The molecule has 6 heteroatoms. The van der Waals surface area contributed by atoms with Gasteiger partial charge in [0, 0.05) is 11.3 Å². The van der Waals surface area contributed by atoms with Gasteiger partial charge in [-0.1, -0.05) is 59.2 Å². The Morgan fingerprint density at radius 3 is 2.73 bits per heavy atom. The van der Waals surface area contributed by atoms with Gasteiger partial charge < -0.3 is 4.74 Å². The highest BCUT2D eigenvalue weighted by molar-refractivity contribution is 7.80. The second-order valence-corrected chi connectivity index (χ2v) is 5.71. The Kier molecular flexibility index (Phi) is 4.59. The Labute approximate surface area is 108 Å². The molecule has 15 heavy (non-hydrogen) atoms. The minimum absolute atomic E-state index is 0.184. The molecule has 0 bridgehead atoms. The number of halogens is 3. The van der Waals surface area contributed by atoms with E-state index in [1.54, 1.807) is 0 Å². The fourth-order valence-corrected chi connectivity index (χ4v) is 1.38. The summed E-state index contributed by atoms with van der Waals surface area (Å²) in [4.78, 5) is 0.830. The molecule has 0 unspecified atom stereocenters. The van der Waals surface area contributed by atoms with Crippen LogP contribution in [0.15, 0.2) is 23.8 Å². The molecule has 82 valence electrons. The molecule has 0 radical (unpaired) electrons. The fraction of sp³-hybridized carbons (Fsp3) is 0.333. The van der Waals surface area contributed by atoms with Gasteiger partial charge in [-0.05, 0) is 11.6 Å². The van der Waals surface area contributed by atoms with Crippen LogP contribution in [0.2, 0.25) is 0 Å². The van der Waals surface area contributed by atoms with Crippen LogP contribution in [-0.2, 0) is 4.74 Å². The van der Waals surface area contributed by atoms with E-state index >= 15 is 0 Å². The van der Waals surface area contributed by atoms with E-state index in [1.165, 1.54) is 0 Å². The van der Waals surface area contributed by atoms with Crippen molar-refractivity contribution in [3.8, 4) is 0 Å². The Bertz CT molecular complexity index is 344. The molecule has 1 aliphatic carbocycles. The van der Waals surface area contributed by atoms with Crippen LogP contribution in [0, 0.1) is 5.41 Å². The molecule has 2 nitrogen and oxygen atoms in total. The van der Waals surface area contributed by atoms with Gasteiger partial charge in [-0.25, -0.2) is 0 Å². The number of hydrogen-bond donors (Lipinski definition) is 1. The molecule has 0 aromatic heterocycles. The maximum atomic E-state index is 7.31. The normalized spacial score (nSPS) is 16.2. The number of thiocarbonyl (C=S) groups is 1. The molecule has 0 amide bonds. The van der Waals surface area contributed by atoms with Gasteiger partial charge in [0.1, 0.15) is 6.61 Å². The third-order valence-corrected chi connectivity index (χ3v) is 2.44. The Hall–Kier alpha value is -0.0900. The van der Waals surface area contributed by atoms with Gasteiger partial charge in [0.05, 0.1) is 0 Å². The van der Waals surface area contributed by atoms with Crippen molar-refractivity contribution in [3.63, 3.8) is 0 Å². The van der Waals surface area contributed by atoms with Crippen molar-refractivity contribution in [1.29, 1.82) is 5.41 Å². The van der Waals surface area contributed by atoms with Crippen LogP contribution in [0.25, 0.3) is 0 Å². The lowest BCUT2D eigenvalue weighted by atomic mass is 10.1. The van der Waals surface area contributed by atoms with Gasteiger partial charge in [0.15, 0.2) is 0 Å². The standard InChI is InChI=1S/C9H8Cl3NOS/c10-9(11,12)8(13)14-5-6-2-1-3-7(15)4-6/h1-2,4,13H,3,5H2. The van der Waals surface area contributed by atoms with E-state index in [0.717, 1.165) is 16.9 Å². The summed E-state index contributed by atoms with van der Waals surface area (Å²) in [6.07, 6.45) is 6.39. The molecular weight excluding hydrogens is 277 g/mol. The molecule has 0 spiro atoms. The van der Waals surface area contributed by atoms with Crippen LogP contribution in [0.4, 0.5) is 0 Å². The smallest absolute Gasteiger partial charge is 0.265 e. The van der Waals surface area contributed by atoms with Crippen molar-refractivity contribution in [2.75, 3.05) is 6.61 Å². The molecule has 0 saturated heterocycles. The largest absolute Gasteiger partial charge is 0.473 e. The van der Waals surface area contributed by atoms with Crippen LogP contribution >= 0.6 is 47.0 Å². The predicted molar refractivity (Wildman–Crippen MR) is 68.4 cm³/mol. The summed E-state index contributed by atoms with van der Waals surface area (Å²) < 4.78 is 3.20. The number of rotatable bonds is 2. The zero-order valence-corrected chi connectivity index (χ0v) is 10.7. The highest BCUT2D eigenvalue weighted by Gasteiger charge is 2.28. The third-order valence-electron chi connectivity index (χ3n) is 1.64. The zero-order chi connectivity index (χ0) is 11.5.